The second kappa shape index (κ2) is 9.42. The molecule has 1 aliphatic rings. The fourth-order valence-electron chi connectivity index (χ4n) is 3.97. The first-order valence-corrected chi connectivity index (χ1v) is 10.6. The summed E-state index contributed by atoms with van der Waals surface area (Å²) in [4.78, 5) is 7.36. The molecule has 0 aliphatic carbocycles. The highest BCUT2D eigenvalue weighted by Crippen LogP contribution is 2.20. The molecule has 0 N–H and O–H groups in total. The average molecular weight is 394 g/mol. The van der Waals surface area contributed by atoms with Gasteiger partial charge in [-0.05, 0) is 50.5 Å². The van der Waals surface area contributed by atoms with Crippen molar-refractivity contribution in [3.63, 3.8) is 0 Å². The van der Waals surface area contributed by atoms with Crippen molar-refractivity contribution in [3.05, 3.63) is 59.4 Å². The molecule has 5 heteroatoms. The van der Waals surface area contributed by atoms with Crippen molar-refractivity contribution in [3.8, 4) is 5.75 Å². The van der Waals surface area contributed by atoms with Crippen molar-refractivity contribution in [2.24, 2.45) is 0 Å². The lowest BCUT2D eigenvalue weighted by molar-refractivity contribution is 0.0326. The van der Waals surface area contributed by atoms with Crippen LogP contribution in [0.5, 0.6) is 5.75 Å². The highest BCUT2D eigenvalue weighted by Gasteiger charge is 2.16. The molecule has 1 saturated heterocycles. The lowest BCUT2D eigenvalue weighted by Gasteiger charge is -2.26. The van der Waals surface area contributed by atoms with Gasteiger partial charge in [0.1, 0.15) is 11.6 Å². The highest BCUT2D eigenvalue weighted by molar-refractivity contribution is 5.75. The number of ether oxygens (including phenoxy) is 2. The van der Waals surface area contributed by atoms with E-state index in [2.05, 4.69) is 65.8 Å². The minimum atomic E-state index is 0.745. The molecule has 1 fully saturated rings. The summed E-state index contributed by atoms with van der Waals surface area (Å²) in [6, 6.07) is 14.8. The smallest absolute Gasteiger partial charge is 0.124 e. The molecule has 0 amide bonds. The minimum absolute atomic E-state index is 0.745. The highest BCUT2D eigenvalue weighted by atomic mass is 16.5. The Morgan fingerprint density at radius 2 is 1.86 bits per heavy atom. The normalized spacial score (nSPS) is 15.1. The molecule has 1 aliphatic heterocycles. The second-order valence-corrected chi connectivity index (χ2v) is 7.88. The SMILES string of the molecule is Cc1ccc(OCCCCn2c(CN3CCOCC3)nc3ccccc32)c(C)c1. The molecule has 0 bridgehead atoms. The largest absolute Gasteiger partial charge is 0.493 e. The van der Waals surface area contributed by atoms with Crippen LogP contribution in [-0.4, -0.2) is 47.4 Å². The molecular weight excluding hydrogens is 362 g/mol. The van der Waals surface area contributed by atoms with Gasteiger partial charge < -0.3 is 14.0 Å². The maximum absolute atomic E-state index is 6.00. The molecule has 5 nitrogen and oxygen atoms in total. The van der Waals surface area contributed by atoms with Crippen molar-refractivity contribution >= 4 is 11.0 Å². The zero-order valence-corrected chi connectivity index (χ0v) is 17.6. The zero-order chi connectivity index (χ0) is 20.1. The van der Waals surface area contributed by atoms with Crippen LogP contribution in [0.3, 0.4) is 0 Å². The van der Waals surface area contributed by atoms with E-state index in [1.54, 1.807) is 0 Å². The number of aryl methyl sites for hydroxylation is 3. The number of imidazole rings is 1. The predicted octanol–water partition coefficient (Wildman–Crippen LogP) is 4.34. The number of benzene rings is 2. The lowest BCUT2D eigenvalue weighted by Crippen LogP contribution is -2.36. The van der Waals surface area contributed by atoms with Gasteiger partial charge in [-0.1, -0.05) is 29.8 Å². The Hall–Kier alpha value is -2.37. The molecule has 29 heavy (non-hydrogen) atoms. The fourth-order valence-corrected chi connectivity index (χ4v) is 3.97. The maximum atomic E-state index is 6.00. The molecule has 2 aromatic carbocycles. The molecule has 0 radical (unpaired) electrons. The first kappa shape index (κ1) is 19.9. The van der Waals surface area contributed by atoms with E-state index in [9.17, 15) is 0 Å². The van der Waals surface area contributed by atoms with Gasteiger partial charge in [-0.2, -0.15) is 0 Å². The summed E-state index contributed by atoms with van der Waals surface area (Å²) in [5.74, 6) is 2.15. The van der Waals surface area contributed by atoms with Gasteiger partial charge in [0.2, 0.25) is 0 Å². The van der Waals surface area contributed by atoms with Crippen LogP contribution >= 0.6 is 0 Å². The van der Waals surface area contributed by atoms with Crippen LogP contribution < -0.4 is 4.74 Å². The van der Waals surface area contributed by atoms with Crippen molar-refractivity contribution in [1.82, 2.24) is 14.5 Å². The van der Waals surface area contributed by atoms with E-state index in [0.717, 1.165) is 75.9 Å². The van der Waals surface area contributed by atoms with Crippen LogP contribution in [0.4, 0.5) is 0 Å². The third-order valence-corrected chi connectivity index (χ3v) is 5.57. The summed E-state index contributed by atoms with van der Waals surface area (Å²) in [6.45, 7) is 10.4. The summed E-state index contributed by atoms with van der Waals surface area (Å²) in [7, 11) is 0. The van der Waals surface area contributed by atoms with E-state index in [0.29, 0.717) is 0 Å². The van der Waals surface area contributed by atoms with E-state index in [1.165, 1.54) is 16.6 Å². The molecule has 1 aromatic heterocycles. The monoisotopic (exact) mass is 393 g/mol. The van der Waals surface area contributed by atoms with E-state index in [-0.39, 0.29) is 0 Å². The summed E-state index contributed by atoms with van der Waals surface area (Å²) >= 11 is 0. The molecule has 154 valence electrons. The van der Waals surface area contributed by atoms with Gasteiger partial charge in [-0.25, -0.2) is 4.98 Å². The summed E-state index contributed by atoms with van der Waals surface area (Å²) in [5.41, 5.74) is 4.79. The number of nitrogens with zero attached hydrogens (tertiary/aromatic N) is 3. The Kier molecular flexibility index (Phi) is 6.47. The Balaban J connectivity index is 1.37. The molecule has 0 atom stereocenters. The third-order valence-electron chi connectivity index (χ3n) is 5.57. The first-order valence-electron chi connectivity index (χ1n) is 10.6. The number of fused-ring (bicyclic) bond motifs is 1. The summed E-state index contributed by atoms with van der Waals surface area (Å²) in [5, 5.41) is 0. The van der Waals surface area contributed by atoms with Gasteiger partial charge >= 0.3 is 0 Å². The third kappa shape index (κ3) is 4.98. The number of morpholine rings is 1. The summed E-state index contributed by atoms with van der Waals surface area (Å²) in [6.07, 6.45) is 2.10. The van der Waals surface area contributed by atoms with Crippen LogP contribution in [0.15, 0.2) is 42.5 Å². The zero-order valence-electron chi connectivity index (χ0n) is 17.6. The van der Waals surface area contributed by atoms with Crippen molar-refractivity contribution < 1.29 is 9.47 Å². The minimum Gasteiger partial charge on any atom is -0.493 e. The molecule has 4 rings (SSSR count). The van der Waals surface area contributed by atoms with Gasteiger partial charge in [0, 0.05) is 19.6 Å². The van der Waals surface area contributed by atoms with Gasteiger partial charge in [-0.15, -0.1) is 0 Å². The predicted molar refractivity (Wildman–Crippen MR) is 116 cm³/mol. The van der Waals surface area contributed by atoms with Gasteiger partial charge in [-0.3, -0.25) is 4.90 Å². The number of rotatable bonds is 8. The topological polar surface area (TPSA) is 39.5 Å². The molecular formula is C24H31N3O2. The first-order chi connectivity index (χ1) is 14.2. The Bertz CT molecular complexity index is 944. The van der Waals surface area contributed by atoms with Crippen molar-refractivity contribution in [2.45, 2.75) is 39.8 Å². The molecule has 3 aromatic rings. The number of hydrogen-bond acceptors (Lipinski definition) is 4. The second-order valence-electron chi connectivity index (χ2n) is 7.88. The van der Waals surface area contributed by atoms with E-state index < -0.39 is 0 Å². The molecule has 0 spiro atoms. The van der Waals surface area contributed by atoms with Crippen LogP contribution in [-0.2, 0) is 17.8 Å². The van der Waals surface area contributed by atoms with Crippen molar-refractivity contribution in [1.29, 1.82) is 0 Å². The molecule has 2 heterocycles. The molecule has 0 unspecified atom stereocenters. The van der Waals surface area contributed by atoms with Crippen molar-refractivity contribution in [2.75, 3.05) is 32.9 Å². The van der Waals surface area contributed by atoms with E-state index in [1.807, 2.05) is 0 Å². The molecule has 0 saturated carbocycles. The van der Waals surface area contributed by atoms with Crippen LogP contribution in [0.1, 0.15) is 29.8 Å². The lowest BCUT2D eigenvalue weighted by atomic mass is 10.1. The van der Waals surface area contributed by atoms with Gasteiger partial charge in [0.15, 0.2) is 0 Å². The number of para-hydroxylation sites is 2. The van der Waals surface area contributed by atoms with Crippen LogP contribution in [0.25, 0.3) is 11.0 Å². The Labute approximate surface area is 173 Å². The Morgan fingerprint density at radius 1 is 1.03 bits per heavy atom. The fraction of sp³-hybridized carbons (Fsp3) is 0.458. The standard InChI is InChI=1S/C24H31N3O2/c1-19-9-10-23(20(2)17-19)29-14-6-5-11-27-22-8-4-3-7-21(22)25-24(27)18-26-12-15-28-16-13-26/h3-4,7-10,17H,5-6,11-16,18H2,1-2H3. The number of aromatic nitrogens is 2. The van der Waals surface area contributed by atoms with Crippen LogP contribution in [0.2, 0.25) is 0 Å². The van der Waals surface area contributed by atoms with Gasteiger partial charge in [0.25, 0.3) is 0 Å². The van der Waals surface area contributed by atoms with Gasteiger partial charge in [0.05, 0.1) is 37.4 Å². The quantitative estimate of drug-likeness (QED) is 0.534. The average Bonchev–Trinajstić information content (AvgIpc) is 3.07. The number of unbranched alkanes of at least 4 members (excludes halogenated alkanes) is 1. The van der Waals surface area contributed by atoms with E-state index in [4.69, 9.17) is 14.5 Å². The van der Waals surface area contributed by atoms with Crippen LogP contribution in [0, 0.1) is 13.8 Å². The van der Waals surface area contributed by atoms with E-state index >= 15 is 0 Å². The number of hydrogen-bond donors (Lipinski definition) is 0. The summed E-state index contributed by atoms with van der Waals surface area (Å²) < 4.78 is 13.9. The maximum Gasteiger partial charge on any atom is 0.124 e. The Morgan fingerprint density at radius 3 is 2.69 bits per heavy atom.